The van der Waals surface area contributed by atoms with Gasteiger partial charge in [0.1, 0.15) is 36.2 Å². The average molecular weight is 512 g/mol. The highest BCUT2D eigenvalue weighted by Crippen LogP contribution is 2.37. The van der Waals surface area contributed by atoms with E-state index in [0.29, 0.717) is 17.8 Å². The second-order valence-electron chi connectivity index (χ2n) is 9.25. The normalized spacial score (nSPS) is 20.0. The number of nitrogens with zero attached hydrogens (tertiary/aromatic N) is 5. The number of amides is 2. The molecule has 4 heterocycles. The molecule has 37 heavy (non-hydrogen) atoms. The molecule has 0 radical (unpaired) electrons. The molecule has 3 N–H and O–H groups in total. The van der Waals surface area contributed by atoms with Crippen molar-refractivity contribution >= 4 is 45.4 Å². The lowest BCUT2D eigenvalue weighted by Crippen LogP contribution is -2.47. The van der Waals surface area contributed by atoms with Crippen molar-refractivity contribution < 1.29 is 22.8 Å². The van der Waals surface area contributed by atoms with Crippen LogP contribution in [0, 0.1) is 5.92 Å². The smallest absolute Gasteiger partial charge is 0.383 e. The van der Waals surface area contributed by atoms with Crippen LogP contribution in [0.4, 0.5) is 24.8 Å². The van der Waals surface area contributed by atoms with E-state index < -0.39 is 17.8 Å². The maximum absolute atomic E-state index is 13.7. The number of likely N-dealkylation sites (tertiary alicyclic amines) is 1. The Labute approximate surface area is 209 Å². The predicted molar refractivity (Wildman–Crippen MR) is 131 cm³/mol. The SMILES string of the molecule is C[C@@H]1C[C@@H](C(=O)Nc2ccccn2)N(C(=O)Cn2c3ccc(C(F)(F)F)cc3c3c(N)ncnc32)[C@@H]1C. The Morgan fingerprint density at radius 1 is 1.14 bits per heavy atom. The first-order chi connectivity index (χ1) is 17.6. The number of hydrogen-bond donors (Lipinski definition) is 2. The van der Waals surface area contributed by atoms with Gasteiger partial charge in [-0.2, -0.15) is 13.2 Å². The van der Waals surface area contributed by atoms with E-state index in [2.05, 4.69) is 20.3 Å². The number of aromatic nitrogens is 4. The highest BCUT2D eigenvalue weighted by Gasteiger charge is 2.43. The molecule has 2 amide bonds. The van der Waals surface area contributed by atoms with E-state index in [4.69, 9.17) is 5.73 Å². The lowest BCUT2D eigenvalue weighted by atomic mass is 10.0. The van der Waals surface area contributed by atoms with Crippen molar-refractivity contribution in [3.8, 4) is 0 Å². The van der Waals surface area contributed by atoms with Gasteiger partial charge in [0.05, 0.1) is 16.5 Å². The van der Waals surface area contributed by atoms with Crippen molar-refractivity contribution in [2.75, 3.05) is 11.1 Å². The van der Waals surface area contributed by atoms with Crippen LogP contribution in [0.2, 0.25) is 0 Å². The molecule has 1 aromatic carbocycles. The molecule has 1 saturated heterocycles. The zero-order chi connectivity index (χ0) is 26.5. The highest BCUT2D eigenvalue weighted by molar-refractivity contribution is 6.12. The average Bonchev–Trinajstić information content (AvgIpc) is 3.33. The minimum absolute atomic E-state index is 0.0105. The third-order valence-electron chi connectivity index (χ3n) is 6.99. The van der Waals surface area contributed by atoms with Crippen LogP contribution in [0.15, 0.2) is 48.9 Å². The van der Waals surface area contributed by atoms with Crippen molar-refractivity contribution in [2.45, 2.75) is 45.1 Å². The van der Waals surface area contributed by atoms with Crippen LogP contribution in [0.25, 0.3) is 21.9 Å². The number of alkyl halides is 3. The van der Waals surface area contributed by atoms with E-state index >= 15 is 0 Å². The largest absolute Gasteiger partial charge is 0.416 e. The van der Waals surface area contributed by atoms with E-state index in [-0.39, 0.29) is 52.6 Å². The molecule has 4 aromatic rings. The topological polar surface area (TPSA) is 119 Å². The number of benzene rings is 1. The molecule has 0 unspecified atom stereocenters. The molecule has 9 nitrogen and oxygen atoms in total. The fourth-order valence-corrected chi connectivity index (χ4v) is 4.99. The summed E-state index contributed by atoms with van der Waals surface area (Å²) in [6.07, 6.45) is -1.34. The number of halogens is 3. The minimum atomic E-state index is -4.56. The van der Waals surface area contributed by atoms with Crippen LogP contribution in [0.1, 0.15) is 25.8 Å². The number of carbonyl (C=O) groups excluding carboxylic acids is 2. The van der Waals surface area contributed by atoms with Crippen molar-refractivity contribution in [2.24, 2.45) is 5.92 Å². The monoisotopic (exact) mass is 511 g/mol. The first-order valence-corrected chi connectivity index (χ1v) is 11.7. The molecule has 3 aromatic heterocycles. The maximum atomic E-state index is 13.7. The fraction of sp³-hybridized carbons (Fsp3) is 0.320. The van der Waals surface area contributed by atoms with Crippen molar-refractivity contribution in [1.82, 2.24) is 24.4 Å². The molecule has 0 aliphatic carbocycles. The summed E-state index contributed by atoms with van der Waals surface area (Å²) in [5.74, 6) is -0.284. The van der Waals surface area contributed by atoms with Crippen LogP contribution in [0.3, 0.4) is 0 Å². The summed E-state index contributed by atoms with van der Waals surface area (Å²) >= 11 is 0. The number of nitrogen functional groups attached to an aromatic ring is 1. The molecule has 192 valence electrons. The van der Waals surface area contributed by atoms with Crippen molar-refractivity contribution in [3.63, 3.8) is 0 Å². The Morgan fingerprint density at radius 3 is 2.62 bits per heavy atom. The molecule has 1 aliphatic heterocycles. The summed E-state index contributed by atoms with van der Waals surface area (Å²) in [4.78, 5) is 40.6. The molecule has 1 aliphatic rings. The summed E-state index contributed by atoms with van der Waals surface area (Å²) in [5, 5.41) is 3.20. The Balaban J connectivity index is 1.52. The summed E-state index contributed by atoms with van der Waals surface area (Å²) in [5.41, 5.74) is 5.78. The van der Waals surface area contributed by atoms with Gasteiger partial charge in [-0.3, -0.25) is 9.59 Å². The molecule has 0 saturated carbocycles. The number of pyridine rings is 1. The molecular formula is C25H24F3N7O2. The van der Waals surface area contributed by atoms with E-state index in [1.807, 2.05) is 13.8 Å². The molecular weight excluding hydrogens is 487 g/mol. The summed E-state index contributed by atoms with van der Waals surface area (Å²) < 4.78 is 41.8. The zero-order valence-electron chi connectivity index (χ0n) is 20.0. The Morgan fingerprint density at radius 2 is 1.92 bits per heavy atom. The van der Waals surface area contributed by atoms with Gasteiger partial charge in [-0.05, 0) is 49.6 Å². The van der Waals surface area contributed by atoms with Gasteiger partial charge in [0.25, 0.3) is 0 Å². The number of carbonyl (C=O) groups is 2. The van der Waals surface area contributed by atoms with Crippen LogP contribution in [-0.2, 0) is 22.3 Å². The van der Waals surface area contributed by atoms with Gasteiger partial charge in [-0.25, -0.2) is 15.0 Å². The van der Waals surface area contributed by atoms with Crippen LogP contribution in [-0.4, -0.2) is 48.3 Å². The van der Waals surface area contributed by atoms with E-state index in [9.17, 15) is 22.8 Å². The van der Waals surface area contributed by atoms with Crippen LogP contribution < -0.4 is 11.1 Å². The quantitative estimate of drug-likeness (QED) is 0.430. The molecule has 5 rings (SSSR count). The fourth-order valence-electron chi connectivity index (χ4n) is 4.99. The first-order valence-electron chi connectivity index (χ1n) is 11.7. The third kappa shape index (κ3) is 4.32. The van der Waals surface area contributed by atoms with Gasteiger partial charge in [0.2, 0.25) is 11.8 Å². The van der Waals surface area contributed by atoms with Gasteiger partial charge in [0.15, 0.2) is 0 Å². The number of nitrogens with two attached hydrogens (primary N) is 1. The standard InChI is InChI=1S/C25H24F3N7O2/c1-13-9-18(24(37)33-19-5-3-4-8-30-19)35(14(13)2)20(36)11-34-17-7-6-15(25(26,27)28)10-16(17)21-22(29)31-12-32-23(21)34/h3-8,10,12-14,18H,9,11H2,1-2H3,(H2,29,31,32)(H,30,33,37)/t13-,14-,18+/m1/s1. The molecule has 3 atom stereocenters. The first kappa shape index (κ1) is 24.5. The zero-order valence-corrected chi connectivity index (χ0v) is 20.0. The molecule has 0 spiro atoms. The number of nitrogens with one attached hydrogen (secondary N) is 1. The second kappa shape index (κ2) is 9.02. The van der Waals surface area contributed by atoms with Crippen molar-refractivity contribution in [1.29, 1.82) is 0 Å². The van der Waals surface area contributed by atoms with E-state index in [1.165, 1.54) is 21.9 Å². The second-order valence-corrected chi connectivity index (χ2v) is 9.25. The van der Waals surface area contributed by atoms with Crippen molar-refractivity contribution in [3.05, 3.63) is 54.5 Å². The number of fused-ring (bicyclic) bond motifs is 3. The van der Waals surface area contributed by atoms with Crippen LogP contribution >= 0.6 is 0 Å². The van der Waals surface area contributed by atoms with E-state index in [0.717, 1.165) is 12.1 Å². The number of hydrogen-bond acceptors (Lipinski definition) is 6. The Bertz CT molecular complexity index is 1500. The van der Waals surface area contributed by atoms with Gasteiger partial charge in [-0.1, -0.05) is 13.0 Å². The number of anilines is 2. The highest BCUT2D eigenvalue weighted by atomic mass is 19.4. The minimum Gasteiger partial charge on any atom is -0.383 e. The summed E-state index contributed by atoms with van der Waals surface area (Å²) in [7, 11) is 0. The van der Waals surface area contributed by atoms with E-state index in [1.54, 1.807) is 24.4 Å². The molecule has 0 bridgehead atoms. The predicted octanol–water partition coefficient (Wildman–Crippen LogP) is 3.84. The van der Waals surface area contributed by atoms with Crippen LogP contribution in [0.5, 0.6) is 0 Å². The molecule has 1 fully saturated rings. The summed E-state index contributed by atoms with van der Waals surface area (Å²) in [6, 6.07) is 7.39. The lowest BCUT2D eigenvalue weighted by molar-refractivity contribution is -0.139. The summed E-state index contributed by atoms with van der Waals surface area (Å²) in [6.45, 7) is 3.59. The third-order valence-corrected chi connectivity index (χ3v) is 6.99. The maximum Gasteiger partial charge on any atom is 0.416 e. The van der Waals surface area contributed by atoms with Gasteiger partial charge in [-0.15, -0.1) is 0 Å². The molecule has 12 heteroatoms. The van der Waals surface area contributed by atoms with Gasteiger partial charge in [0, 0.05) is 17.6 Å². The number of rotatable bonds is 4. The Hall–Kier alpha value is -4.22. The lowest BCUT2D eigenvalue weighted by Gasteiger charge is -2.29. The van der Waals surface area contributed by atoms with Gasteiger partial charge < -0.3 is 20.5 Å². The van der Waals surface area contributed by atoms with Gasteiger partial charge >= 0.3 is 6.18 Å². The Kier molecular flexibility index (Phi) is 5.97.